The molecule has 19 heavy (non-hydrogen) atoms. The van der Waals surface area contributed by atoms with Gasteiger partial charge >= 0.3 is 5.97 Å². The molecule has 0 spiro atoms. The Morgan fingerprint density at radius 1 is 1.47 bits per heavy atom. The molecule has 0 bridgehead atoms. The number of rotatable bonds is 3. The highest BCUT2D eigenvalue weighted by molar-refractivity contribution is 6.30. The fourth-order valence-electron chi connectivity index (χ4n) is 3.68. The highest BCUT2D eigenvalue weighted by Crippen LogP contribution is 2.60. The first-order chi connectivity index (χ1) is 8.98. The van der Waals surface area contributed by atoms with Crippen LogP contribution in [0.2, 0.25) is 5.02 Å². The van der Waals surface area contributed by atoms with Crippen LogP contribution in [-0.2, 0) is 16.0 Å². The van der Waals surface area contributed by atoms with Crippen molar-refractivity contribution in [2.75, 3.05) is 6.61 Å². The number of aliphatic carboxylic acids is 1. The van der Waals surface area contributed by atoms with Gasteiger partial charge in [0.2, 0.25) is 0 Å². The number of carbonyl (C=O) groups is 1. The molecule has 3 atom stereocenters. The standard InChI is InChI=1S/C15H17ClO3/c1-14-7-6-11(15(14,13(17)18)19-9-14)8-10-2-4-12(16)5-3-10/h2-5,11H,6-9H2,1H3,(H,17,18). The van der Waals surface area contributed by atoms with E-state index in [-0.39, 0.29) is 11.3 Å². The molecule has 1 aliphatic heterocycles. The lowest BCUT2D eigenvalue weighted by Crippen LogP contribution is -2.66. The van der Waals surface area contributed by atoms with Crippen LogP contribution < -0.4 is 0 Å². The first kappa shape index (κ1) is 12.9. The van der Waals surface area contributed by atoms with Gasteiger partial charge in [-0.2, -0.15) is 0 Å². The Bertz CT molecular complexity index is 513. The van der Waals surface area contributed by atoms with Crippen molar-refractivity contribution in [1.82, 2.24) is 0 Å². The molecule has 2 fully saturated rings. The number of ether oxygens (including phenoxy) is 1. The molecule has 0 radical (unpaired) electrons. The molecule has 0 amide bonds. The fourth-order valence-corrected chi connectivity index (χ4v) is 3.81. The van der Waals surface area contributed by atoms with E-state index in [2.05, 4.69) is 0 Å². The Balaban J connectivity index is 1.85. The van der Waals surface area contributed by atoms with E-state index >= 15 is 0 Å². The molecular formula is C15H17ClO3. The van der Waals surface area contributed by atoms with Crippen molar-refractivity contribution < 1.29 is 14.6 Å². The number of benzene rings is 1. The first-order valence-corrected chi connectivity index (χ1v) is 6.97. The van der Waals surface area contributed by atoms with Gasteiger partial charge in [0.1, 0.15) is 0 Å². The lowest BCUT2D eigenvalue weighted by molar-refractivity contribution is -0.260. The number of hydrogen-bond acceptors (Lipinski definition) is 2. The summed E-state index contributed by atoms with van der Waals surface area (Å²) < 4.78 is 5.59. The Labute approximate surface area is 117 Å². The predicted octanol–water partition coefficient (Wildman–Crippen LogP) is 3.15. The zero-order valence-corrected chi connectivity index (χ0v) is 11.6. The average Bonchev–Trinajstić information content (AvgIpc) is 2.54. The third-order valence-corrected chi connectivity index (χ3v) is 5.10. The molecule has 1 aliphatic carbocycles. The van der Waals surface area contributed by atoms with Gasteiger partial charge in [-0.05, 0) is 37.0 Å². The molecule has 1 saturated carbocycles. The van der Waals surface area contributed by atoms with E-state index in [0.717, 1.165) is 24.8 Å². The Morgan fingerprint density at radius 2 is 2.16 bits per heavy atom. The van der Waals surface area contributed by atoms with E-state index in [1.807, 2.05) is 31.2 Å². The van der Waals surface area contributed by atoms with E-state index in [1.165, 1.54) is 0 Å². The molecule has 1 saturated heterocycles. The first-order valence-electron chi connectivity index (χ1n) is 6.60. The summed E-state index contributed by atoms with van der Waals surface area (Å²) in [4.78, 5) is 11.7. The number of carboxylic acid groups (broad SMARTS) is 1. The van der Waals surface area contributed by atoms with Gasteiger partial charge in [0.05, 0.1) is 6.61 Å². The minimum Gasteiger partial charge on any atom is -0.479 e. The number of hydrogen-bond donors (Lipinski definition) is 1. The van der Waals surface area contributed by atoms with E-state index in [9.17, 15) is 9.90 Å². The van der Waals surface area contributed by atoms with Gasteiger partial charge in [-0.25, -0.2) is 4.79 Å². The molecule has 1 aromatic carbocycles. The molecule has 1 heterocycles. The van der Waals surface area contributed by atoms with Crippen molar-refractivity contribution in [3.63, 3.8) is 0 Å². The molecule has 3 rings (SSSR count). The van der Waals surface area contributed by atoms with Gasteiger partial charge in [-0.1, -0.05) is 30.7 Å². The highest BCUT2D eigenvalue weighted by atomic mass is 35.5. The molecule has 0 aromatic heterocycles. The summed E-state index contributed by atoms with van der Waals surface area (Å²) in [6.45, 7) is 2.60. The van der Waals surface area contributed by atoms with Gasteiger partial charge in [0.25, 0.3) is 0 Å². The third kappa shape index (κ3) is 1.72. The molecular weight excluding hydrogens is 264 g/mol. The highest BCUT2D eigenvalue weighted by Gasteiger charge is 2.70. The smallest absolute Gasteiger partial charge is 0.336 e. The van der Waals surface area contributed by atoms with E-state index in [4.69, 9.17) is 16.3 Å². The van der Waals surface area contributed by atoms with Crippen LogP contribution in [0, 0.1) is 11.3 Å². The lowest BCUT2D eigenvalue weighted by atomic mass is 9.67. The van der Waals surface area contributed by atoms with Gasteiger partial charge in [0.15, 0.2) is 5.60 Å². The molecule has 4 heteroatoms. The van der Waals surface area contributed by atoms with Crippen LogP contribution in [0.15, 0.2) is 24.3 Å². The van der Waals surface area contributed by atoms with Gasteiger partial charge < -0.3 is 9.84 Å². The van der Waals surface area contributed by atoms with Crippen molar-refractivity contribution in [1.29, 1.82) is 0 Å². The maximum atomic E-state index is 11.7. The molecule has 3 unspecified atom stereocenters. The number of halogens is 1. The summed E-state index contributed by atoms with van der Waals surface area (Å²) in [5, 5.41) is 10.3. The Hall–Kier alpha value is -1.06. The second kappa shape index (κ2) is 4.22. The van der Waals surface area contributed by atoms with Crippen LogP contribution >= 0.6 is 11.6 Å². The molecule has 2 aliphatic rings. The average molecular weight is 281 g/mol. The normalized spacial score (nSPS) is 36.6. The van der Waals surface area contributed by atoms with Crippen LogP contribution in [-0.4, -0.2) is 23.3 Å². The minimum atomic E-state index is -0.980. The SMILES string of the molecule is CC12CCC(Cc3ccc(Cl)cc3)C1(C(=O)O)OC2. The molecule has 102 valence electrons. The van der Waals surface area contributed by atoms with Crippen molar-refractivity contribution in [2.24, 2.45) is 11.3 Å². The largest absolute Gasteiger partial charge is 0.479 e. The van der Waals surface area contributed by atoms with Crippen LogP contribution in [0.4, 0.5) is 0 Å². The fraction of sp³-hybridized carbons (Fsp3) is 0.533. The van der Waals surface area contributed by atoms with E-state index in [1.54, 1.807) is 0 Å². The van der Waals surface area contributed by atoms with Crippen LogP contribution in [0.1, 0.15) is 25.3 Å². The Morgan fingerprint density at radius 3 is 2.68 bits per heavy atom. The van der Waals surface area contributed by atoms with Crippen molar-refractivity contribution in [2.45, 2.75) is 31.8 Å². The van der Waals surface area contributed by atoms with Gasteiger partial charge in [-0.15, -0.1) is 0 Å². The van der Waals surface area contributed by atoms with Crippen molar-refractivity contribution in [3.8, 4) is 0 Å². The van der Waals surface area contributed by atoms with Gasteiger partial charge in [-0.3, -0.25) is 0 Å². The maximum absolute atomic E-state index is 11.7. The van der Waals surface area contributed by atoms with E-state index in [0.29, 0.717) is 11.6 Å². The summed E-state index contributed by atoms with van der Waals surface area (Å²) in [5.74, 6) is -0.761. The third-order valence-electron chi connectivity index (χ3n) is 4.85. The van der Waals surface area contributed by atoms with Crippen molar-refractivity contribution >= 4 is 17.6 Å². The summed E-state index contributed by atoms with van der Waals surface area (Å²) >= 11 is 5.87. The second-order valence-corrected chi connectivity index (χ2v) is 6.39. The monoisotopic (exact) mass is 280 g/mol. The second-order valence-electron chi connectivity index (χ2n) is 5.96. The molecule has 3 nitrogen and oxygen atoms in total. The number of fused-ring (bicyclic) bond motifs is 1. The van der Waals surface area contributed by atoms with Crippen LogP contribution in [0.3, 0.4) is 0 Å². The predicted molar refractivity (Wildman–Crippen MR) is 72.3 cm³/mol. The number of carboxylic acids is 1. The summed E-state index contributed by atoms with van der Waals surface area (Å²) in [6, 6.07) is 7.62. The minimum absolute atomic E-state index is 0.0462. The maximum Gasteiger partial charge on any atom is 0.336 e. The topological polar surface area (TPSA) is 46.5 Å². The van der Waals surface area contributed by atoms with Crippen molar-refractivity contribution in [3.05, 3.63) is 34.9 Å². The molecule has 1 aromatic rings. The van der Waals surface area contributed by atoms with E-state index < -0.39 is 11.6 Å². The summed E-state index contributed by atoms with van der Waals surface area (Å²) in [5.41, 5.74) is -0.0579. The van der Waals surface area contributed by atoms with Gasteiger partial charge in [0, 0.05) is 16.4 Å². The lowest BCUT2D eigenvalue weighted by Gasteiger charge is -2.52. The summed E-state index contributed by atoms with van der Waals surface area (Å²) in [6.07, 6.45) is 2.57. The Kier molecular flexibility index (Phi) is 2.88. The van der Waals surface area contributed by atoms with Crippen LogP contribution in [0.25, 0.3) is 0 Å². The van der Waals surface area contributed by atoms with Crippen LogP contribution in [0.5, 0.6) is 0 Å². The summed E-state index contributed by atoms with van der Waals surface area (Å²) in [7, 11) is 0. The zero-order chi connectivity index (χ0) is 13.7. The quantitative estimate of drug-likeness (QED) is 0.925. The molecule has 1 N–H and O–H groups in total. The zero-order valence-electron chi connectivity index (χ0n) is 10.9.